The summed E-state index contributed by atoms with van der Waals surface area (Å²) >= 11 is 9.45. The number of halogens is 2. The molecule has 0 saturated heterocycles. The zero-order valence-electron chi connectivity index (χ0n) is 7.30. The van der Waals surface area contributed by atoms with Crippen LogP contribution in [0.2, 0.25) is 5.02 Å². The van der Waals surface area contributed by atoms with Crippen molar-refractivity contribution in [3.8, 4) is 0 Å². The summed E-state index contributed by atoms with van der Waals surface area (Å²) in [6.07, 6.45) is 0. The average molecular weight is 275 g/mol. The van der Waals surface area contributed by atoms with Crippen LogP contribution in [-0.2, 0) is 0 Å². The van der Waals surface area contributed by atoms with Crippen molar-refractivity contribution in [1.29, 1.82) is 0 Å². The molecule has 1 aromatic rings. The molecule has 5 heteroatoms. The van der Waals surface area contributed by atoms with Gasteiger partial charge in [-0.3, -0.25) is 4.99 Å². The summed E-state index contributed by atoms with van der Waals surface area (Å²) in [5.74, 6) is 0.481. The van der Waals surface area contributed by atoms with Gasteiger partial charge in [-0.1, -0.05) is 33.6 Å². The zero-order valence-corrected chi connectivity index (χ0v) is 9.64. The first kappa shape index (κ1) is 9.80. The minimum atomic E-state index is 0.107. The Morgan fingerprint density at radius 1 is 1.57 bits per heavy atom. The van der Waals surface area contributed by atoms with Crippen LogP contribution in [0.1, 0.15) is 11.6 Å². The third kappa shape index (κ3) is 1.86. The van der Waals surface area contributed by atoms with Crippen molar-refractivity contribution in [2.75, 3.05) is 6.54 Å². The minimum absolute atomic E-state index is 0.107. The number of benzene rings is 1. The lowest BCUT2D eigenvalue weighted by molar-refractivity contribution is 0.708. The number of hydrogen-bond donors (Lipinski definition) is 2. The monoisotopic (exact) mass is 273 g/mol. The molecule has 3 nitrogen and oxygen atoms in total. The molecule has 1 aliphatic rings. The zero-order chi connectivity index (χ0) is 10.1. The number of rotatable bonds is 1. The fraction of sp³-hybridized carbons (Fsp3) is 0.222. The largest absolute Gasteiger partial charge is 0.370 e. The number of nitrogens with zero attached hydrogens (tertiary/aromatic N) is 1. The van der Waals surface area contributed by atoms with Crippen LogP contribution in [0.5, 0.6) is 0 Å². The molecule has 0 aromatic heterocycles. The molecule has 14 heavy (non-hydrogen) atoms. The highest BCUT2D eigenvalue weighted by Crippen LogP contribution is 2.27. The molecule has 1 aromatic carbocycles. The Balaban J connectivity index is 2.25. The Morgan fingerprint density at radius 3 is 2.93 bits per heavy atom. The van der Waals surface area contributed by atoms with Crippen LogP contribution in [0.25, 0.3) is 0 Å². The van der Waals surface area contributed by atoms with Gasteiger partial charge in [0.05, 0.1) is 12.6 Å². The highest BCUT2D eigenvalue weighted by atomic mass is 79.9. The van der Waals surface area contributed by atoms with E-state index in [1.807, 2.05) is 18.2 Å². The first-order chi connectivity index (χ1) is 6.66. The van der Waals surface area contributed by atoms with Crippen LogP contribution in [0, 0.1) is 0 Å². The first-order valence-electron chi connectivity index (χ1n) is 4.18. The fourth-order valence-electron chi connectivity index (χ4n) is 1.42. The minimum Gasteiger partial charge on any atom is -0.370 e. The maximum Gasteiger partial charge on any atom is 0.189 e. The van der Waals surface area contributed by atoms with E-state index in [9.17, 15) is 0 Å². The number of hydrogen-bond acceptors (Lipinski definition) is 3. The quantitative estimate of drug-likeness (QED) is 0.823. The molecule has 1 unspecified atom stereocenters. The number of nitrogens with two attached hydrogens (primary N) is 1. The molecule has 0 saturated carbocycles. The van der Waals surface area contributed by atoms with E-state index >= 15 is 0 Å². The predicted octanol–water partition coefficient (Wildman–Crippen LogP) is 2.06. The Labute approximate surface area is 95.5 Å². The standard InChI is InChI=1S/C9H9BrClN3/c10-5-1-2-6(7(11)3-5)8-4-13-9(12)14-8/h1-3,8H,4H2,(H3,12,13,14). The molecule has 0 amide bonds. The van der Waals surface area contributed by atoms with Gasteiger partial charge in [-0.25, -0.2) is 0 Å². The second-order valence-electron chi connectivity index (χ2n) is 3.09. The smallest absolute Gasteiger partial charge is 0.189 e. The van der Waals surface area contributed by atoms with Gasteiger partial charge in [0.25, 0.3) is 0 Å². The van der Waals surface area contributed by atoms with Gasteiger partial charge in [0.2, 0.25) is 0 Å². The summed E-state index contributed by atoms with van der Waals surface area (Å²) in [4.78, 5) is 4.07. The summed E-state index contributed by atoms with van der Waals surface area (Å²) in [6.45, 7) is 0.646. The van der Waals surface area contributed by atoms with Crippen LogP contribution >= 0.6 is 27.5 Å². The topological polar surface area (TPSA) is 50.4 Å². The van der Waals surface area contributed by atoms with E-state index in [1.54, 1.807) is 0 Å². The third-order valence-corrected chi connectivity index (χ3v) is 2.92. The molecule has 2 rings (SSSR count). The Kier molecular flexibility index (Phi) is 2.65. The first-order valence-corrected chi connectivity index (χ1v) is 5.35. The molecular formula is C9H9BrClN3. The van der Waals surface area contributed by atoms with Gasteiger partial charge in [0.15, 0.2) is 5.96 Å². The molecule has 0 aliphatic carbocycles. The molecule has 3 N–H and O–H groups in total. The van der Waals surface area contributed by atoms with Crippen molar-refractivity contribution < 1.29 is 0 Å². The Hall–Kier alpha value is -0.740. The van der Waals surface area contributed by atoms with Crippen molar-refractivity contribution in [2.45, 2.75) is 6.04 Å². The van der Waals surface area contributed by atoms with Gasteiger partial charge in [-0.05, 0) is 17.7 Å². The van der Waals surface area contributed by atoms with E-state index < -0.39 is 0 Å². The predicted molar refractivity (Wildman–Crippen MR) is 61.5 cm³/mol. The summed E-state index contributed by atoms with van der Waals surface area (Å²) in [7, 11) is 0. The van der Waals surface area contributed by atoms with Gasteiger partial charge in [-0.2, -0.15) is 0 Å². The van der Waals surface area contributed by atoms with Crippen LogP contribution in [-0.4, -0.2) is 12.5 Å². The van der Waals surface area contributed by atoms with Crippen LogP contribution in [0.15, 0.2) is 27.7 Å². The van der Waals surface area contributed by atoms with E-state index in [2.05, 4.69) is 26.2 Å². The molecule has 0 fully saturated rings. The lowest BCUT2D eigenvalue weighted by Crippen LogP contribution is -2.29. The normalized spacial score (nSPS) is 20.4. The maximum atomic E-state index is 6.10. The lowest BCUT2D eigenvalue weighted by atomic mass is 10.1. The molecule has 0 radical (unpaired) electrons. The summed E-state index contributed by atoms with van der Waals surface area (Å²) in [5.41, 5.74) is 6.56. The van der Waals surface area contributed by atoms with E-state index in [0.29, 0.717) is 12.5 Å². The number of guanidine groups is 1. The van der Waals surface area contributed by atoms with Gasteiger partial charge in [0, 0.05) is 9.50 Å². The molecule has 0 spiro atoms. The van der Waals surface area contributed by atoms with Crippen molar-refractivity contribution >= 4 is 33.5 Å². The molecule has 1 atom stereocenters. The van der Waals surface area contributed by atoms with Crippen molar-refractivity contribution in [1.82, 2.24) is 5.32 Å². The summed E-state index contributed by atoms with van der Waals surface area (Å²) in [5, 5.41) is 3.78. The highest BCUT2D eigenvalue weighted by molar-refractivity contribution is 9.10. The molecule has 74 valence electrons. The van der Waals surface area contributed by atoms with E-state index in [0.717, 1.165) is 15.1 Å². The van der Waals surface area contributed by atoms with Gasteiger partial charge in [-0.15, -0.1) is 0 Å². The summed E-state index contributed by atoms with van der Waals surface area (Å²) < 4.78 is 0.970. The number of nitrogens with one attached hydrogen (secondary N) is 1. The van der Waals surface area contributed by atoms with Gasteiger partial charge in [0.1, 0.15) is 0 Å². The van der Waals surface area contributed by atoms with Gasteiger partial charge < -0.3 is 11.1 Å². The van der Waals surface area contributed by atoms with E-state index in [1.165, 1.54) is 0 Å². The second-order valence-corrected chi connectivity index (χ2v) is 4.41. The average Bonchev–Trinajstić information content (AvgIpc) is 2.51. The molecular weight excluding hydrogens is 265 g/mol. The van der Waals surface area contributed by atoms with Crippen molar-refractivity contribution in [3.63, 3.8) is 0 Å². The summed E-state index contributed by atoms with van der Waals surface area (Å²) in [6, 6.07) is 5.90. The van der Waals surface area contributed by atoms with Crippen LogP contribution in [0.4, 0.5) is 0 Å². The second kappa shape index (κ2) is 3.79. The highest BCUT2D eigenvalue weighted by Gasteiger charge is 2.19. The van der Waals surface area contributed by atoms with E-state index in [-0.39, 0.29) is 6.04 Å². The van der Waals surface area contributed by atoms with Crippen LogP contribution in [0.3, 0.4) is 0 Å². The molecule has 0 bridgehead atoms. The number of aliphatic imine (C=N–C) groups is 1. The molecule has 1 aliphatic heterocycles. The van der Waals surface area contributed by atoms with Crippen molar-refractivity contribution in [3.05, 3.63) is 33.3 Å². The van der Waals surface area contributed by atoms with Crippen LogP contribution < -0.4 is 11.1 Å². The lowest BCUT2D eigenvalue weighted by Gasteiger charge is -2.12. The third-order valence-electron chi connectivity index (χ3n) is 2.10. The van der Waals surface area contributed by atoms with E-state index in [4.69, 9.17) is 17.3 Å². The maximum absolute atomic E-state index is 6.10. The Bertz CT molecular complexity index is 392. The fourth-order valence-corrected chi connectivity index (χ4v) is 2.22. The Morgan fingerprint density at radius 2 is 2.36 bits per heavy atom. The van der Waals surface area contributed by atoms with Crippen molar-refractivity contribution in [2.24, 2.45) is 10.7 Å². The SMILES string of the molecule is NC1=NCC(c2ccc(Br)cc2Cl)N1. The van der Waals surface area contributed by atoms with Gasteiger partial charge >= 0.3 is 0 Å². The molecule has 1 heterocycles.